The quantitative estimate of drug-likeness (QED) is 0.611. The second-order valence-electron chi connectivity index (χ2n) is 4.68. The Morgan fingerprint density at radius 3 is 2.63 bits per heavy atom. The Hall–Kier alpha value is -2.11. The highest BCUT2D eigenvalue weighted by Gasteiger charge is 2.16. The van der Waals surface area contributed by atoms with Gasteiger partial charge in [-0.1, -0.05) is 13.8 Å². The Morgan fingerprint density at radius 1 is 1.42 bits per heavy atom. The van der Waals surface area contributed by atoms with Crippen LogP contribution in [0, 0.1) is 16.0 Å². The number of rotatable bonds is 6. The molecule has 0 aliphatic carbocycles. The average Bonchev–Trinajstić information content (AvgIpc) is 2.37. The molecule has 0 aliphatic rings. The van der Waals surface area contributed by atoms with Crippen molar-refractivity contribution in [2.75, 3.05) is 18.9 Å². The summed E-state index contributed by atoms with van der Waals surface area (Å²) in [7, 11) is 1.60. The van der Waals surface area contributed by atoms with Crippen molar-refractivity contribution in [1.82, 2.24) is 5.32 Å². The van der Waals surface area contributed by atoms with Gasteiger partial charge in [0, 0.05) is 25.2 Å². The molecule has 0 unspecified atom stereocenters. The number of nitro benzene ring substituents is 1. The van der Waals surface area contributed by atoms with E-state index in [0.29, 0.717) is 23.7 Å². The number of carbonyl (C=O) groups excluding carboxylic acids is 1. The van der Waals surface area contributed by atoms with Gasteiger partial charge in [-0.25, -0.2) is 0 Å². The zero-order chi connectivity index (χ0) is 14.4. The molecule has 1 amide bonds. The fourth-order valence-corrected chi connectivity index (χ4v) is 1.61. The minimum atomic E-state index is -0.503. The van der Waals surface area contributed by atoms with Gasteiger partial charge in [0.2, 0.25) is 0 Å². The second kappa shape index (κ2) is 6.72. The van der Waals surface area contributed by atoms with Crippen LogP contribution in [0.1, 0.15) is 30.6 Å². The van der Waals surface area contributed by atoms with Crippen LogP contribution in [0.2, 0.25) is 0 Å². The van der Waals surface area contributed by atoms with Crippen molar-refractivity contribution in [2.45, 2.75) is 20.3 Å². The van der Waals surface area contributed by atoms with Gasteiger partial charge in [-0.05, 0) is 24.5 Å². The zero-order valence-corrected chi connectivity index (χ0v) is 11.4. The van der Waals surface area contributed by atoms with Crippen molar-refractivity contribution in [2.24, 2.45) is 5.92 Å². The Bertz CT molecular complexity index is 472. The van der Waals surface area contributed by atoms with E-state index < -0.39 is 4.92 Å². The van der Waals surface area contributed by atoms with Gasteiger partial charge in [0.1, 0.15) is 5.69 Å². The molecule has 19 heavy (non-hydrogen) atoms. The maximum absolute atomic E-state index is 11.8. The lowest BCUT2D eigenvalue weighted by Gasteiger charge is -2.08. The molecule has 0 bridgehead atoms. The first-order valence-electron chi connectivity index (χ1n) is 6.20. The fourth-order valence-electron chi connectivity index (χ4n) is 1.61. The Balaban J connectivity index is 2.81. The van der Waals surface area contributed by atoms with Crippen LogP contribution < -0.4 is 10.6 Å². The molecule has 1 aromatic rings. The van der Waals surface area contributed by atoms with Crippen molar-refractivity contribution < 1.29 is 9.72 Å². The second-order valence-corrected chi connectivity index (χ2v) is 4.68. The predicted molar refractivity (Wildman–Crippen MR) is 74.4 cm³/mol. The largest absolute Gasteiger partial charge is 0.383 e. The van der Waals surface area contributed by atoms with Gasteiger partial charge in [0.05, 0.1) is 4.92 Å². The van der Waals surface area contributed by atoms with E-state index >= 15 is 0 Å². The summed E-state index contributed by atoms with van der Waals surface area (Å²) in [5, 5.41) is 16.4. The van der Waals surface area contributed by atoms with Crippen molar-refractivity contribution in [1.29, 1.82) is 0 Å². The number of hydrogen-bond donors (Lipinski definition) is 2. The third-order valence-electron chi connectivity index (χ3n) is 2.73. The van der Waals surface area contributed by atoms with Crippen LogP contribution in [-0.4, -0.2) is 24.4 Å². The average molecular weight is 265 g/mol. The first-order valence-corrected chi connectivity index (χ1v) is 6.20. The van der Waals surface area contributed by atoms with Crippen molar-refractivity contribution >= 4 is 17.3 Å². The maximum atomic E-state index is 11.8. The van der Waals surface area contributed by atoms with Crippen molar-refractivity contribution in [3.63, 3.8) is 0 Å². The Labute approximate surface area is 112 Å². The van der Waals surface area contributed by atoms with E-state index in [0.717, 1.165) is 6.42 Å². The first kappa shape index (κ1) is 14.9. The topological polar surface area (TPSA) is 84.3 Å². The first-order chi connectivity index (χ1) is 8.95. The molecule has 1 rings (SSSR count). The third kappa shape index (κ3) is 4.24. The lowest BCUT2D eigenvalue weighted by Crippen LogP contribution is -2.25. The van der Waals surface area contributed by atoms with Crippen LogP contribution >= 0.6 is 0 Å². The molecule has 0 aromatic heterocycles. The van der Waals surface area contributed by atoms with Gasteiger partial charge in [0.15, 0.2) is 0 Å². The molecule has 1 aromatic carbocycles. The van der Waals surface area contributed by atoms with E-state index in [4.69, 9.17) is 0 Å². The van der Waals surface area contributed by atoms with E-state index in [9.17, 15) is 14.9 Å². The van der Waals surface area contributed by atoms with E-state index in [1.54, 1.807) is 13.1 Å². The highest BCUT2D eigenvalue weighted by Crippen LogP contribution is 2.24. The number of benzene rings is 1. The van der Waals surface area contributed by atoms with Crippen molar-refractivity contribution in [3.8, 4) is 0 Å². The van der Waals surface area contributed by atoms with Gasteiger partial charge in [-0.2, -0.15) is 0 Å². The molecular weight excluding hydrogens is 246 g/mol. The summed E-state index contributed by atoms with van der Waals surface area (Å²) >= 11 is 0. The molecule has 0 saturated carbocycles. The predicted octanol–water partition coefficient (Wildman–Crippen LogP) is 2.41. The number of nitrogens with one attached hydrogen (secondary N) is 2. The van der Waals surface area contributed by atoms with E-state index in [2.05, 4.69) is 24.5 Å². The normalized spacial score (nSPS) is 10.3. The van der Waals surface area contributed by atoms with Crippen LogP contribution in [-0.2, 0) is 0 Å². The number of carbonyl (C=O) groups is 1. The van der Waals surface area contributed by atoms with Crippen LogP contribution in [0.25, 0.3) is 0 Å². The van der Waals surface area contributed by atoms with Crippen LogP contribution in [0.3, 0.4) is 0 Å². The summed E-state index contributed by atoms with van der Waals surface area (Å²) in [6.45, 7) is 4.70. The lowest BCUT2D eigenvalue weighted by atomic mass is 10.1. The molecule has 0 aliphatic heterocycles. The van der Waals surface area contributed by atoms with Crippen LogP contribution in [0.5, 0.6) is 0 Å². The minimum absolute atomic E-state index is 0.0981. The summed E-state index contributed by atoms with van der Waals surface area (Å²) in [4.78, 5) is 22.2. The molecule has 6 nitrogen and oxygen atoms in total. The maximum Gasteiger partial charge on any atom is 0.293 e. The van der Waals surface area contributed by atoms with Crippen LogP contribution in [0.15, 0.2) is 18.2 Å². The zero-order valence-electron chi connectivity index (χ0n) is 11.4. The molecule has 0 spiro atoms. The minimum Gasteiger partial charge on any atom is -0.383 e. The van der Waals surface area contributed by atoms with Gasteiger partial charge in [-0.15, -0.1) is 0 Å². The molecular formula is C13H19N3O3. The third-order valence-corrected chi connectivity index (χ3v) is 2.73. The summed E-state index contributed by atoms with van der Waals surface area (Å²) in [6, 6.07) is 4.40. The van der Waals surface area contributed by atoms with Gasteiger partial charge in [-0.3, -0.25) is 14.9 Å². The monoisotopic (exact) mass is 265 g/mol. The molecule has 0 heterocycles. The molecule has 6 heteroatoms. The molecule has 0 saturated heterocycles. The van der Waals surface area contributed by atoms with E-state index in [-0.39, 0.29) is 11.6 Å². The number of amides is 1. The number of nitro groups is 1. The van der Waals surface area contributed by atoms with E-state index in [1.165, 1.54) is 12.1 Å². The summed E-state index contributed by atoms with van der Waals surface area (Å²) in [6.07, 6.45) is 0.877. The summed E-state index contributed by atoms with van der Waals surface area (Å²) in [5.74, 6) is 0.215. The standard InChI is InChI=1S/C13H19N3O3/c1-9(2)6-7-15-13(17)10-4-5-11(14-3)12(8-10)16(18)19/h4-5,8-9,14H,6-7H2,1-3H3,(H,15,17). The molecule has 0 radical (unpaired) electrons. The number of anilines is 1. The molecule has 2 N–H and O–H groups in total. The smallest absolute Gasteiger partial charge is 0.293 e. The number of hydrogen-bond acceptors (Lipinski definition) is 4. The lowest BCUT2D eigenvalue weighted by molar-refractivity contribution is -0.384. The van der Waals surface area contributed by atoms with Gasteiger partial charge < -0.3 is 10.6 Å². The highest BCUT2D eigenvalue weighted by atomic mass is 16.6. The highest BCUT2D eigenvalue weighted by molar-refractivity contribution is 5.95. The Kier molecular flexibility index (Phi) is 5.29. The molecule has 0 fully saturated rings. The fraction of sp³-hybridized carbons (Fsp3) is 0.462. The number of nitrogens with zero attached hydrogens (tertiary/aromatic N) is 1. The molecule has 0 atom stereocenters. The summed E-state index contributed by atoms with van der Waals surface area (Å²) in [5.41, 5.74) is 0.595. The van der Waals surface area contributed by atoms with Gasteiger partial charge in [0.25, 0.3) is 11.6 Å². The van der Waals surface area contributed by atoms with E-state index in [1.807, 2.05) is 0 Å². The van der Waals surface area contributed by atoms with Crippen LogP contribution in [0.4, 0.5) is 11.4 Å². The molecule has 104 valence electrons. The van der Waals surface area contributed by atoms with Gasteiger partial charge >= 0.3 is 0 Å². The Morgan fingerprint density at radius 2 is 2.11 bits per heavy atom. The van der Waals surface area contributed by atoms with Crippen molar-refractivity contribution in [3.05, 3.63) is 33.9 Å². The summed E-state index contributed by atoms with van der Waals surface area (Å²) < 4.78 is 0. The SMILES string of the molecule is CNc1ccc(C(=O)NCCC(C)C)cc1[N+](=O)[O-].